The summed E-state index contributed by atoms with van der Waals surface area (Å²) in [6.45, 7) is 9.40. The summed E-state index contributed by atoms with van der Waals surface area (Å²) in [5.41, 5.74) is 2.72. The van der Waals surface area contributed by atoms with Gasteiger partial charge >= 0.3 is 5.97 Å². The van der Waals surface area contributed by atoms with E-state index >= 15 is 0 Å². The standard InChI is InChI=1S/C21H34O3/c1-15(13-19(23)24-5)9-11-20(3)16(2)10-12-21(4)17(14-22)7-6-8-18(20)21/h7,13,16,18,22H,6,8-12,14H2,1-5H3/b15-13+/t16-,18-,20+,21-/m1/s1. The van der Waals surface area contributed by atoms with Gasteiger partial charge in [0.2, 0.25) is 0 Å². The second-order valence-corrected chi connectivity index (χ2v) is 8.39. The molecular weight excluding hydrogens is 300 g/mol. The number of hydrogen-bond donors (Lipinski definition) is 1. The Hall–Kier alpha value is -1.09. The van der Waals surface area contributed by atoms with Crippen molar-refractivity contribution in [1.82, 2.24) is 0 Å². The van der Waals surface area contributed by atoms with Crippen molar-refractivity contribution < 1.29 is 14.6 Å². The van der Waals surface area contributed by atoms with Gasteiger partial charge in [0, 0.05) is 6.08 Å². The van der Waals surface area contributed by atoms with Crippen molar-refractivity contribution in [2.24, 2.45) is 22.7 Å². The number of fused-ring (bicyclic) bond motifs is 1. The fraction of sp³-hybridized carbons (Fsp3) is 0.762. The van der Waals surface area contributed by atoms with E-state index < -0.39 is 0 Å². The molecule has 0 heterocycles. The predicted molar refractivity (Wildman–Crippen MR) is 97.5 cm³/mol. The summed E-state index contributed by atoms with van der Waals surface area (Å²) in [6, 6.07) is 0. The quantitative estimate of drug-likeness (QED) is 0.452. The molecule has 0 aromatic heterocycles. The Kier molecular flexibility index (Phi) is 5.95. The van der Waals surface area contributed by atoms with Crippen LogP contribution in [-0.2, 0) is 9.53 Å². The maximum absolute atomic E-state index is 11.4. The summed E-state index contributed by atoms with van der Waals surface area (Å²) >= 11 is 0. The first kappa shape index (κ1) is 19.2. The molecule has 1 fully saturated rings. The van der Waals surface area contributed by atoms with Gasteiger partial charge < -0.3 is 9.84 Å². The fourth-order valence-corrected chi connectivity index (χ4v) is 5.25. The summed E-state index contributed by atoms with van der Waals surface area (Å²) in [5.74, 6) is 1.01. The highest BCUT2D eigenvalue weighted by atomic mass is 16.5. The number of hydrogen-bond acceptors (Lipinski definition) is 3. The number of allylic oxidation sites excluding steroid dienone is 2. The Morgan fingerprint density at radius 1 is 1.42 bits per heavy atom. The zero-order valence-electron chi connectivity index (χ0n) is 16.0. The zero-order valence-corrected chi connectivity index (χ0v) is 16.0. The number of esters is 1. The van der Waals surface area contributed by atoms with Gasteiger partial charge in [-0.3, -0.25) is 0 Å². The lowest BCUT2D eigenvalue weighted by atomic mass is 9.47. The van der Waals surface area contributed by atoms with Crippen molar-refractivity contribution in [3.8, 4) is 0 Å². The van der Waals surface area contributed by atoms with Crippen LogP contribution < -0.4 is 0 Å². The van der Waals surface area contributed by atoms with E-state index in [1.54, 1.807) is 6.08 Å². The number of ether oxygens (including phenoxy) is 1. The van der Waals surface area contributed by atoms with Crippen LogP contribution in [0.15, 0.2) is 23.3 Å². The molecule has 0 bridgehead atoms. The number of aliphatic hydroxyl groups is 1. The maximum Gasteiger partial charge on any atom is 0.330 e. The third-order valence-electron chi connectivity index (χ3n) is 7.16. The van der Waals surface area contributed by atoms with Crippen LogP contribution in [0.25, 0.3) is 0 Å². The Labute approximate surface area is 147 Å². The summed E-state index contributed by atoms with van der Waals surface area (Å²) in [6.07, 6.45) is 10.6. The zero-order chi connectivity index (χ0) is 18.0. The minimum Gasteiger partial charge on any atom is -0.466 e. The highest BCUT2D eigenvalue weighted by Crippen LogP contribution is 2.61. The molecule has 3 nitrogen and oxygen atoms in total. The molecule has 2 aliphatic rings. The summed E-state index contributed by atoms with van der Waals surface area (Å²) in [4.78, 5) is 11.4. The molecule has 0 amide bonds. The van der Waals surface area contributed by atoms with Crippen molar-refractivity contribution in [3.05, 3.63) is 23.3 Å². The minimum absolute atomic E-state index is 0.133. The lowest BCUT2D eigenvalue weighted by Gasteiger charge is -2.58. The molecule has 136 valence electrons. The first-order chi connectivity index (χ1) is 11.3. The summed E-state index contributed by atoms with van der Waals surface area (Å²) < 4.78 is 4.74. The monoisotopic (exact) mass is 334 g/mol. The highest BCUT2D eigenvalue weighted by Gasteiger charge is 2.53. The van der Waals surface area contributed by atoms with Gasteiger partial charge in [0.05, 0.1) is 13.7 Å². The molecule has 24 heavy (non-hydrogen) atoms. The highest BCUT2D eigenvalue weighted by molar-refractivity contribution is 5.82. The van der Waals surface area contributed by atoms with Gasteiger partial charge in [0.25, 0.3) is 0 Å². The number of carbonyl (C=O) groups is 1. The first-order valence-corrected chi connectivity index (χ1v) is 9.33. The van der Waals surface area contributed by atoms with Crippen molar-refractivity contribution >= 4 is 5.97 Å². The van der Waals surface area contributed by atoms with Crippen LogP contribution in [0.3, 0.4) is 0 Å². The molecule has 0 aromatic rings. The summed E-state index contributed by atoms with van der Waals surface area (Å²) in [5, 5.41) is 9.85. The number of rotatable bonds is 5. The van der Waals surface area contributed by atoms with Crippen molar-refractivity contribution in [2.45, 2.75) is 66.2 Å². The normalized spacial score (nSPS) is 36.8. The summed E-state index contributed by atoms with van der Waals surface area (Å²) in [7, 11) is 1.42. The molecule has 0 radical (unpaired) electrons. The SMILES string of the molecule is COC(=O)/C=C(\C)CC[C@@]1(C)[C@H](C)CC[C@]2(C)C(CO)=CCC[C@H]12. The largest absolute Gasteiger partial charge is 0.466 e. The Balaban J connectivity index is 2.21. The van der Waals surface area contributed by atoms with Crippen LogP contribution in [-0.4, -0.2) is 24.8 Å². The third kappa shape index (κ3) is 3.46. The third-order valence-corrected chi connectivity index (χ3v) is 7.16. The van der Waals surface area contributed by atoms with E-state index in [0.29, 0.717) is 11.8 Å². The molecule has 3 heteroatoms. The molecule has 0 aliphatic heterocycles. The average molecular weight is 335 g/mol. The smallest absolute Gasteiger partial charge is 0.330 e. The van der Waals surface area contributed by atoms with E-state index in [1.807, 2.05) is 6.92 Å². The minimum atomic E-state index is -0.262. The van der Waals surface area contributed by atoms with Gasteiger partial charge in [-0.15, -0.1) is 0 Å². The van der Waals surface area contributed by atoms with E-state index in [1.165, 1.54) is 31.9 Å². The van der Waals surface area contributed by atoms with Gasteiger partial charge in [-0.05, 0) is 73.7 Å². The molecular formula is C21H34O3. The second kappa shape index (κ2) is 7.43. The number of methoxy groups -OCH3 is 1. The van der Waals surface area contributed by atoms with Crippen molar-refractivity contribution in [3.63, 3.8) is 0 Å². The first-order valence-electron chi connectivity index (χ1n) is 9.33. The van der Waals surface area contributed by atoms with Crippen LogP contribution in [0.1, 0.15) is 66.2 Å². The molecule has 0 saturated heterocycles. The van der Waals surface area contributed by atoms with Gasteiger partial charge in [0.15, 0.2) is 0 Å². The predicted octanol–water partition coefficient (Wildman–Crippen LogP) is 4.66. The number of carbonyl (C=O) groups excluding carboxylic acids is 1. The molecule has 0 aromatic carbocycles. The molecule has 0 unspecified atom stereocenters. The van der Waals surface area contributed by atoms with E-state index in [0.717, 1.165) is 24.8 Å². The Morgan fingerprint density at radius 2 is 2.12 bits per heavy atom. The van der Waals surface area contributed by atoms with Crippen molar-refractivity contribution in [1.29, 1.82) is 0 Å². The van der Waals surface area contributed by atoms with Crippen LogP contribution >= 0.6 is 0 Å². The van der Waals surface area contributed by atoms with Gasteiger partial charge in [-0.1, -0.05) is 32.4 Å². The average Bonchev–Trinajstić information content (AvgIpc) is 2.56. The van der Waals surface area contributed by atoms with Crippen LogP contribution in [0.4, 0.5) is 0 Å². The molecule has 1 saturated carbocycles. The van der Waals surface area contributed by atoms with Gasteiger partial charge in [-0.2, -0.15) is 0 Å². The van der Waals surface area contributed by atoms with Crippen LogP contribution in [0.2, 0.25) is 0 Å². The Morgan fingerprint density at radius 3 is 2.75 bits per heavy atom. The van der Waals surface area contributed by atoms with E-state index in [-0.39, 0.29) is 23.4 Å². The molecule has 1 N–H and O–H groups in total. The van der Waals surface area contributed by atoms with Crippen LogP contribution in [0.5, 0.6) is 0 Å². The topological polar surface area (TPSA) is 46.5 Å². The lowest BCUT2D eigenvalue weighted by Crippen LogP contribution is -2.50. The van der Waals surface area contributed by atoms with E-state index in [9.17, 15) is 9.90 Å². The number of aliphatic hydroxyl groups excluding tert-OH is 1. The molecule has 2 rings (SSSR count). The lowest BCUT2D eigenvalue weighted by molar-refractivity contribution is -0.134. The Bertz CT molecular complexity index is 533. The fourth-order valence-electron chi connectivity index (χ4n) is 5.25. The molecule has 0 spiro atoms. The molecule has 4 atom stereocenters. The van der Waals surface area contributed by atoms with E-state index in [4.69, 9.17) is 4.74 Å². The van der Waals surface area contributed by atoms with Gasteiger partial charge in [-0.25, -0.2) is 4.79 Å². The van der Waals surface area contributed by atoms with E-state index in [2.05, 4.69) is 26.8 Å². The maximum atomic E-state index is 11.4. The van der Waals surface area contributed by atoms with Gasteiger partial charge in [0.1, 0.15) is 0 Å². The molecule has 2 aliphatic carbocycles. The second-order valence-electron chi connectivity index (χ2n) is 8.39. The van der Waals surface area contributed by atoms with Crippen molar-refractivity contribution in [2.75, 3.05) is 13.7 Å². The van der Waals surface area contributed by atoms with Crippen LogP contribution in [0, 0.1) is 22.7 Å².